The Bertz CT molecular complexity index is 422. The first-order valence-electron chi connectivity index (χ1n) is 6.77. The van der Waals surface area contributed by atoms with Crippen molar-refractivity contribution in [3.63, 3.8) is 0 Å². The molecule has 104 valence electrons. The van der Waals surface area contributed by atoms with E-state index in [2.05, 4.69) is 16.8 Å². The van der Waals surface area contributed by atoms with Crippen LogP contribution in [0.2, 0.25) is 0 Å². The summed E-state index contributed by atoms with van der Waals surface area (Å²) in [6.07, 6.45) is 2.24. The van der Waals surface area contributed by atoms with Gasteiger partial charge in [-0.15, -0.1) is 0 Å². The lowest BCUT2D eigenvalue weighted by Gasteiger charge is -2.34. The lowest BCUT2D eigenvalue weighted by Crippen LogP contribution is -2.43. The number of piperidine rings is 1. The molecule has 1 fully saturated rings. The molecule has 1 aliphatic rings. The summed E-state index contributed by atoms with van der Waals surface area (Å²) in [5, 5.41) is 9.22. The molecule has 1 aromatic rings. The van der Waals surface area contributed by atoms with Crippen LogP contribution in [0.15, 0.2) is 24.3 Å². The molecule has 0 aromatic heterocycles. The van der Waals surface area contributed by atoms with Gasteiger partial charge in [0.1, 0.15) is 5.75 Å². The minimum Gasteiger partial charge on any atom is -0.508 e. The summed E-state index contributed by atoms with van der Waals surface area (Å²) in [6.45, 7) is 2.64. The molecule has 0 radical (unpaired) electrons. The third-order valence-corrected chi connectivity index (χ3v) is 3.89. The van der Waals surface area contributed by atoms with E-state index in [1.807, 2.05) is 7.05 Å². The van der Waals surface area contributed by atoms with Crippen molar-refractivity contribution in [2.75, 3.05) is 33.7 Å². The van der Waals surface area contributed by atoms with Gasteiger partial charge in [0.15, 0.2) is 5.78 Å². The Morgan fingerprint density at radius 1 is 1.32 bits per heavy atom. The molecule has 0 saturated carbocycles. The van der Waals surface area contributed by atoms with Gasteiger partial charge in [0, 0.05) is 11.6 Å². The van der Waals surface area contributed by atoms with Gasteiger partial charge in [-0.1, -0.05) is 0 Å². The second kappa shape index (κ2) is 6.17. The van der Waals surface area contributed by atoms with Crippen molar-refractivity contribution in [3.05, 3.63) is 29.8 Å². The summed E-state index contributed by atoms with van der Waals surface area (Å²) < 4.78 is 0. The first-order chi connectivity index (χ1) is 9.06. The van der Waals surface area contributed by atoms with Gasteiger partial charge in [0.25, 0.3) is 0 Å². The molecule has 0 spiro atoms. The molecule has 4 nitrogen and oxygen atoms in total. The average molecular weight is 262 g/mol. The van der Waals surface area contributed by atoms with E-state index in [4.69, 9.17) is 0 Å². The van der Waals surface area contributed by atoms with E-state index in [0.717, 1.165) is 25.9 Å². The Morgan fingerprint density at radius 2 is 1.89 bits per heavy atom. The van der Waals surface area contributed by atoms with Gasteiger partial charge in [-0.25, -0.2) is 0 Å². The van der Waals surface area contributed by atoms with Crippen molar-refractivity contribution in [1.82, 2.24) is 9.80 Å². The number of phenolic OH excluding ortho intramolecular Hbond substituents is 1. The van der Waals surface area contributed by atoms with E-state index >= 15 is 0 Å². The molecule has 0 aliphatic carbocycles. The second-order valence-corrected chi connectivity index (χ2v) is 5.42. The molecule has 1 N–H and O–H groups in total. The number of nitrogens with zero attached hydrogens (tertiary/aromatic N) is 2. The molecule has 0 unspecified atom stereocenters. The number of ketones is 1. The molecule has 1 saturated heterocycles. The monoisotopic (exact) mass is 262 g/mol. The van der Waals surface area contributed by atoms with Crippen LogP contribution in [-0.4, -0.2) is 60.5 Å². The Hall–Kier alpha value is -1.39. The molecular weight excluding hydrogens is 240 g/mol. The van der Waals surface area contributed by atoms with Gasteiger partial charge in [-0.3, -0.25) is 9.69 Å². The molecule has 19 heavy (non-hydrogen) atoms. The third-order valence-electron chi connectivity index (χ3n) is 3.89. The largest absolute Gasteiger partial charge is 0.508 e. The van der Waals surface area contributed by atoms with Crippen molar-refractivity contribution in [2.45, 2.75) is 18.9 Å². The van der Waals surface area contributed by atoms with Gasteiger partial charge in [0.05, 0.1) is 6.54 Å². The number of hydrogen-bond acceptors (Lipinski definition) is 4. The van der Waals surface area contributed by atoms with Crippen LogP contribution in [0.25, 0.3) is 0 Å². The molecule has 0 atom stereocenters. The predicted molar refractivity (Wildman–Crippen MR) is 75.6 cm³/mol. The minimum atomic E-state index is 0.112. The Morgan fingerprint density at radius 3 is 2.47 bits per heavy atom. The number of likely N-dealkylation sites (tertiary alicyclic amines) is 1. The van der Waals surface area contributed by atoms with E-state index in [9.17, 15) is 9.90 Å². The fraction of sp³-hybridized carbons (Fsp3) is 0.533. The number of hydrogen-bond donors (Lipinski definition) is 1. The maximum Gasteiger partial charge on any atom is 0.176 e. The zero-order valence-corrected chi connectivity index (χ0v) is 11.7. The van der Waals surface area contributed by atoms with Crippen LogP contribution in [0.5, 0.6) is 5.75 Å². The van der Waals surface area contributed by atoms with Crippen LogP contribution in [-0.2, 0) is 0 Å². The molecular formula is C15H22N2O2. The Kier molecular flexibility index (Phi) is 4.56. The molecule has 1 aromatic carbocycles. The zero-order valence-electron chi connectivity index (χ0n) is 11.7. The van der Waals surface area contributed by atoms with Crippen LogP contribution >= 0.6 is 0 Å². The van der Waals surface area contributed by atoms with E-state index < -0.39 is 0 Å². The Labute approximate surface area is 114 Å². The number of carbonyl (C=O) groups is 1. The summed E-state index contributed by atoms with van der Waals surface area (Å²) in [5.74, 6) is 0.307. The van der Waals surface area contributed by atoms with Crippen LogP contribution in [0, 0.1) is 0 Å². The van der Waals surface area contributed by atoms with Crippen molar-refractivity contribution >= 4 is 5.78 Å². The topological polar surface area (TPSA) is 43.8 Å². The number of carbonyl (C=O) groups excluding carboxylic acids is 1. The van der Waals surface area contributed by atoms with Crippen molar-refractivity contribution in [3.8, 4) is 5.75 Å². The quantitative estimate of drug-likeness (QED) is 0.837. The zero-order chi connectivity index (χ0) is 13.8. The molecule has 1 heterocycles. The lowest BCUT2D eigenvalue weighted by molar-refractivity contribution is 0.0871. The normalized spacial score (nSPS) is 17.8. The first kappa shape index (κ1) is 14.0. The van der Waals surface area contributed by atoms with E-state index in [1.165, 1.54) is 0 Å². The van der Waals surface area contributed by atoms with Crippen molar-refractivity contribution < 1.29 is 9.90 Å². The molecule has 0 bridgehead atoms. The SMILES string of the molecule is CN1CCC(N(C)CC(=O)c2ccc(O)cc2)CC1. The van der Waals surface area contributed by atoms with E-state index in [0.29, 0.717) is 18.2 Å². The number of Topliss-reactive ketones (excluding diaryl/α,β-unsaturated/α-hetero) is 1. The van der Waals surface area contributed by atoms with Gasteiger partial charge in [-0.05, 0) is 64.3 Å². The Balaban J connectivity index is 1.89. The maximum absolute atomic E-state index is 12.1. The number of likely N-dealkylation sites (N-methyl/N-ethyl adjacent to an activating group) is 1. The summed E-state index contributed by atoms with van der Waals surface area (Å²) in [7, 11) is 4.16. The van der Waals surface area contributed by atoms with Crippen LogP contribution < -0.4 is 0 Å². The van der Waals surface area contributed by atoms with E-state index in [1.54, 1.807) is 24.3 Å². The number of phenols is 1. The smallest absolute Gasteiger partial charge is 0.176 e. The maximum atomic E-state index is 12.1. The lowest BCUT2D eigenvalue weighted by atomic mass is 10.0. The highest BCUT2D eigenvalue weighted by Gasteiger charge is 2.22. The molecule has 1 aliphatic heterocycles. The second-order valence-electron chi connectivity index (χ2n) is 5.42. The average Bonchev–Trinajstić information content (AvgIpc) is 2.40. The third kappa shape index (κ3) is 3.78. The van der Waals surface area contributed by atoms with Gasteiger partial charge in [0.2, 0.25) is 0 Å². The number of aromatic hydroxyl groups is 1. The summed E-state index contributed by atoms with van der Waals surface area (Å²) >= 11 is 0. The van der Waals surface area contributed by atoms with Crippen molar-refractivity contribution in [1.29, 1.82) is 0 Å². The fourth-order valence-corrected chi connectivity index (χ4v) is 2.53. The molecule has 4 heteroatoms. The summed E-state index contributed by atoms with van der Waals surface area (Å²) in [6, 6.07) is 6.98. The highest BCUT2D eigenvalue weighted by atomic mass is 16.3. The van der Waals surface area contributed by atoms with Crippen molar-refractivity contribution in [2.24, 2.45) is 0 Å². The highest BCUT2D eigenvalue weighted by Crippen LogP contribution is 2.15. The van der Waals surface area contributed by atoms with Gasteiger partial charge in [-0.2, -0.15) is 0 Å². The van der Waals surface area contributed by atoms with Gasteiger partial charge < -0.3 is 10.0 Å². The minimum absolute atomic E-state index is 0.112. The van der Waals surface area contributed by atoms with Crippen LogP contribution in [0.1, 0.15) is 23.2 Å². The first-order valence-corrected chi connectivity index (χ1v) is 6.77. The predicted octanol–water partition coefficient (Wildman–Crippen LogP) is 1.60. The molecule has 0 amide bonds. The van der Waals surface area contributed by atoms with Gasteiger partial charge >= 0.3 is 0 Å². The summed E-state index contributed by atoms with van der Waals surface area (Å²) in [4.78, 5) is 16.6. The fourth-order valence-electron chi connectivity index (χ4n) is 2.53. The molecule has 2 rings (SSSR count). The van der Waals surface area contributed by atoms with E-state index in [-0.39, 0.29) is 11.5 Å². The van der Waals surface area contributed by atoms with Crippen LogP contribution in [0.4, 0.5) is 0 Å². The number of benzene rings is 1. The highest BCUT2D eigenvalue weighted by molar-refractivity contribution is 5.97. The number of rotatable bonds is 4. The summed E-state index contributed by atoms with van der Waals surface area (Å²) in [5.41, 5.74) is 0.664. The standard InChI is InChI=1S/C15H22N2O2/c1-16-9-7-13(8-10-16)17(2)11-15(19)12-3-5-14(18)6-4-12/h3-6,13,18H,7-11H2,1-2H3. The van der Waals surface area contributed by atoms with Crippen LogP contribution in [0.3, 0.4) is 0 Å².